The highest BCUT2D eigenvalue weighted by atomic mass is 15.1. The van der Waals surface area contributed by atoms with Gasteiger partial charge in [-0.2, -0.15) is 0 Å². The lowest BCUT2D eigenvalue weighted by molar-refractivity contribution is 0.414. The van der Waals surface area contributed by atoms with Crippen molar-refractivity contribution in [2.45, 2.75) is 78.1 Å². The Bertz CT molecular complexity index is 1930. The third-order valence-electron chi connectivity index (χ3n) is 10.8. The second-order valence-corrected chi connectivity index (χ2v) is 14.4. The van der Waals surface area contributed by atoms with Crippen LogP contribution >= 0.6 is 0 Å². The van der Waals surface area contributed by atoms with E-state index in [-0.39, 0.29) is 10.8 Å². The summed E-state index contributed by atoms with van der Waals surface area (Å²) < 4.78 is 0. The van der Waals surface area contributed by atoms with Crippen LogP contribution in [0.5, 0.6) is 0 Å². The number of anilines is 6. The van der Waals surface area contributed by atoms with Gasteiger partial charge in [0.2, 0.25) is 0 Å². The molecule has 0 spiro atoms. The first-order valence-electron chi connectivity index (χ1n) is 18.4. The number of rotatable bonds is 13. The molecule has 0 fully saturated rings. The Hall–Kier alpha value is -5.08. The van der Waals surface area contributed by atoms with Crippen LogP contribution in [0.3, 0.4) is 0 Å². The minimum absolute atomic E-state index is 0.154. The predicted octanol–water partition coefficient (Wildman–Crippen LogP) is 14.4. The molecule has 50 heavy (non-hydrogen) atoms. The lowest BCUT2D eigenvalue weighted by Gasteiger charge is -2.30. The fraction of sp³-hybridized carbons (Fsp3) is 0.250. The van der Waals surface area contributed by atoms with Crippen LogP contribution in [0.15, 0.2) is 158 Å². The van der Waals surface area contributed by atoms with Gasteiger partial charge in [0.25, 0.3) is 0 Å². The fourth-order valence-electron chi connectivity index (χ4n) is 7.01. The molecular weight excluding hydrogens is 605 g/mol. The molecule has 0 aliphatic heterocycles. The Morgan fingerprint density at radius 2 is 0.720 bits per heavy atom. The van der Waals surface area contributed by atoms with Crippen LogP contribution in [-0.4, -0.2) is 0 Å². The van der Waals surface area contributed by atoms with Gasteiger partial charge < -0.3 is 9.80 Å². The van der Waals surface area contributed by atoms with Crippen molar-refractivity contribution in [3.8, 4) is 11.1 Å². The number of benzene rings is 6. The molecule has 0 saturated carbocycles. The quantitative estimate of drug-likeness (QED) is 0.122. The molecule has 0 aliphatic carbocycles. The van der Waals surface area contributed by atoms with E-state index in [1.54, 1.807) is 0 Å². The Balaban J connectivity index is 1.29. The van der Waals surface area contributed by atoms with Gasteiger partial charge in [-0.05, 0) is 125 Å². The van der Waals surface area contributed by atoms with Gasteiger partial charge >= 0.3 is 0 Å². The molecule has 0 amide bonds. The summed E-state index contributed by atoms with van der Waals surface area (Å²) >= 11 is 0. The maximum atomic E-state index is 2.40. The standard InChI is InChI=1S/C48H52N2/c1-7-36-48(6,9-3)40-26-34-46(35-27-40)50(42-18-14-11-15-19-42)44-30-22-38(23-31-44)37-20-28-43(29-21-37)49(41-16-12-10-13-17-41)45-32-24-39(25-33-45)47(4,5)8-2/h10-35H,7-9,36H2,1-6H3. The molecule has 2 heteroatoms. The zero-order valence-electron chi connectivity index (χ0n) is 30.7. The van der Waals surface area contributed by atoms with Crippen molar-refractivity contribution in [1.82, 2.24) is 0 Å². The second kappa shape index (κ2) is 15.2. The van der Waals surface area contributed by atoms with Crippen LogP contribution in [0.2, 0.25) is 0 Å². The van der Waals surface area contributed by atoms with Gasteiger partial charge in [0.05, 0.1) is 0 Å². The predicted molar refractivity (Wildman–Crippen MR) is 217 cm³/mol. The van der Waals surface area contributed by atoms with E-state index < -0.39 is 0 Å². The smallest absolute Gasteiger partial charge is 0.0462 e. The van der Waals surface area contributed by atoms with Gasteiger partial charge in [0, 0.05) is 34.1 Å². The molecule has 0 saturated heterocycles. The summed E-state index contributed by atoms with van der Waals surface area (Å²) in [5, 5.41) is 0. The van der Waals surface area contributed by atoms with Crippen molar-refractivity contribution in [1.29, 1.82) is 0 Å². The summed E-state index contributed by atoms with van der Waals surface area (Å²) in [5.41, 5.74) is 12.4. The van der Waals surface area contributed by atoms with E-state index in [1.807, 2.05) is 0 Å². The molecule has 0 aromatic heterocycles. The topological polar surface area (TPSA) is 6.48 Å². The molecule has 6 aromatic carbocycles. The lowest BCUT2D eigenvalue weighted by atomic mass is 9.76. The highest BCUT2D eigenvalue weighted by Crippen LogP contribution is 2.40. The van der Waals surface area contributed by atoms with Crippen LogP contribution in [0.25, 0.3) is 11.1 Å². The maximum absolute atomic E-state index is 2.40. The van der Waals surface area contributed by atoms with Gasteiger partial charge in [-0.25, -0.2) is 0 Å². The number of hydrogen-bond acceptors (Lipinski definition) is 2. The van der Waals surface area contributed by atoms with Gasteiger partial charge in [-0.15, -0.1) is 0 Å². The van der Waals surface area contributed by atoms with Crippen molar-refractivity contribution in [3.05, 3.63) is 169 Å². The molecule has 0 aliphatic rings. The monoisotopic (exact) mass is 656 g/mol. The van der Waals surface area contributed by atoms with Crippen LogP contribution in [0.1, 0.15) is 78.4 Å². The van der Waals surface area contributed by atoms with Crippen molar-refractivity contribution < 1.29 is 0 Å². The minimum Gasteiger partial charge on any atom is -0.311 e. The van der Waals surface area contributed by atoms with Crippen LogP contribution in [0.4, 0.5) is 34.1 Å². The van der Waals surface area contributed by atoms with Crippen molar-refractivity contribution in [2.24, 2.45) is 0 Å². The average molecular weight is 657 g/mol. The highest BCUT2D eigenvalue weighted by molar-refractivity contribution is 5.80. The number of hydrogen-bond donors (Lipinski definition) is 0. The summed E-state index contributed by atoms with van der Waals surface area (Å²) in [4.78, 5) is 4.69. The van der Waals surface area contributed by atoms with Gasteiger partial charge in [0.1, 0.15) is 0 Å². The fourth-order valence-corrected chi connectivity index (χ4v) is 7.01. The molecule has 6 rings (SSSR count). The zero-order chi connectivity index (χ0) is 35.1. The van der Waals surface area contributed by atoms with Gasteiger partial charge in [-0.1, -0.05) is 133 Å². The largest absolute Gasteiger partial charge is 0.311 e. The molecule has 0 bridgehead atoms. The summed E-state index contributed by atoms with van der Waals surface area (Å²) in [5.74, 6) is 0. The van der Waals surface area contributed by atoms with Crippen LogP contribution < -0.4 is 9.80 Å². The first-order valence-corrected chi connectivity index (χ1v) is 18.4. The number of nitrogens with zero attached hydrogens (tertiary/aromatic N) is 2. The van der Waals surface area contributed by atoms with E-state index in [1.165, 1.54) is 40.8 Å². The average Bonchev–Trinajstić information content (AvgIpc) is 3.17. The van der Waals surface area contributed by atoms with E-state index in [2.05, 4.69) is 209 Å². The molecule has 254 valence electrons. The molecule has 6 aromatic rings. The Kier molecular flexibility index (Phi) is 10.6. The third kappa shape index (κ3) is 7.41. The third-order valence-corrected chi connectivity index (χ3v) is 10.8. The van der Waals surface area contributed by atoms with Crippen LogP contribution in [-0.2, 0) is 10.8 Å². The molecule has 0 N–H and O–H groups in total. The van der Waals surface area contributed by atoms with E-state index in [0.717, 1.165) is 41.3 Å². The van der Waals surface area contributed by atoms with E-state index >= 15 is 0 Å². The van der Waals surface area contributed by atoms with E-state index in [4.69, 9.17) is 0 Å². The first kappa shape index (κ1) is 34.8. The van der Waals surface area contributed by atoms with Crippen molar-refractivity contribution in [2.75, 3.05) is 9.80 Å². The second-order valence-electron chi connectivity index (χ2n) is 14.4. The first-order chi connectivity index (χ1) is 24.3. The molecule has 2 nitrogen and oxygen atoms in total. The lowest BCUT2D eigenvalue weighted by Crippen LogP contribution is -2.20. The molecule has 1 unspecified atom stereocenters. The van der Waals surface area contributed by atoms with E-state index in [9.17, 15) is 0 Å². The van der Waals surface area contributed by atoms with Crippen LogP contribution in [0, 0.1) is 0 Å². The normalized spacial score (nSPS) is 12.7. The molecule has 0 heterocycles. The number of para-hydroxylation sites is 2. The summed E-state index contributed by atoms with van der Waals surface area (Å²) in [6.45, 7) is 13.9. The van der Waals surface area contributed by atoms with Gasteiger partial charge in [-0.3, -0.25) is 0 Å². The molecule has 1 atom stereocenters. The van der Waals surface area contributed by atoms with Gasteiger partial charge in [0.15, 0.2) is 0 Å². The summed E-state index contributed by atoms with van der Waals surface area (Å²) in [6.07, 6.45) is 4.63. The van der Waals surface area contributed by atoms with Crippen molar-refractivity contribution in [3.63, 3.8) is 0 Å². The summed E-state index contributed by atoms with van der Waals surface area (Å²) in [7, 11) is 0. The highest BCUT2D eigenvalue weighted by Gasteiger charge is 2.24. The van der Waals surface area contributed by atoms with E-state index in [0.29, 0.717) is 0 Å². The Labute approximate surface area is 301 Å². The molecular formula is C48H52N2. The molecule has 0 radical (unpaired) electrons. The maximum Gasteiger partial charge on any atom is 0.0462 e. The Morgan fingerprint density at radius 1 is 0.380 bits per heavy atom. The minimum atomic E-state index is 0.154. The zero-order valence-corrected chi connectivity index (χ0v) is 30.7. The summed E-state index contributed by atoms with van der Waals surface area (Å²) in [6, 6.07) is 57.6. The van der Waals surface area contributed by atoms with Crippen molar-refractivity contribution >= 4 is 34.1 Å². The Morgan fingerprint density at radius 3 is 1.06 bits per heavy atom. The SMILES string of the molecule is CCCC(C)(CC)c1ccc(N(c2ccccc2)c2ccc(-c3ccc(N(c4ccccc4)c4ccc(C(C)(C)CC)cc4)cc3)cc2)cc1.